The number of nitro groups is 1. The average Bonchev–Trinajstić information content (AvgIpc) is 2.53. The second kappa shape index (κ2) is 3.26. The third kappa shape index (κ3) is 1.23. The van der Waals surface area contributed by atoms with Crippen LogP contribution >= 0.6 is 0 Å². The number of nitrogens with zero attached hydrogens (tertiary/aromatic N) is 2. The first kappa shape index (κ1) is 9.86. The number of fused-ring (bicyclic) bond motifs is 1. The van der Waals surface area contributed by atoms with Crippen LogP contribution in [-0.4, -0.2) is 25.4 Å². The summed E-state index contributed by atoms with van der Waals surface area (Å²) in [5.74, 6) is 0. The van der Waals surface area contributed by atoms with Gasteiger partial charge in [-0.25, -0.2) is 4.98 Å². The highest BCUT2D eigenvalue weighted by Gasteiger charge is 2.15. The summed E-state index contributed by atoms with van der Waals surface area (Å²) in [7, 11) is 0. The monoisotopic (exact) mass is 198 g/mol. The Labute approximate surface area is 76.1 Å². The normalized spacial score (nSPS) is 9.71. The number of pyridine rings is 1. The lowest BCUT2D eigenvalue weighted by molar-refractivity contribution is -0.383. The van der Waals surface area contributed by atoms with E-state index >= 15 is 0 Å². The number of hydrogen-bond acceptors (Lipinski definition) is 4. The standard InChI is InChI=1S/C6H4N4O3.H2O/c11-6-5-4(8-2-9-5)3(1-7-6)10(12)13;/h1-2H,(H,7,11)(H,8,9);1H2. The zero-order chi connectivity index (χ0) is 9.42. The fourth-order valence-electron chi connectivity index (χ4n) is 1.08. The van der Waals surface area contributed by atoms with Gasteiger partial charge in [0.2, 0.25) is 0 Å². The van der Waals surface area contributed by atoms with E-state index in [1.807, 2.05) is 0 Å². The lowest BCUT2D eigenvalue weighted by atomic mass is 10.3. The molecule has 2 rings (SSSR count). The summed E-state index contributed by atoms with van der Waals surface area (Å²) in [5.41, 5.74) is -0.433. The maximum atomic E-state index is 11.1. The van der Waals surface area contributed by atoms with Gasteiger partial charge in [0.25, 0.3) is 5.56 Å². The van der Waals surface area contributed by atoms with Crippen LogP contribution in [0.1, 0.15) is 0 Å². The minimum atomic E-state index is -0.598. The predicted molar refractivity (Wildman–Crippen MR) is 47.0 cm³/mol. The molecule has 2 aromatic heterocycles. The first-order chi connectivity index (χ1) is 6.20. The van der Waals surface area contributed by atoms with E-state index in [2.05, 4.69) is 15.0 Å². The Balaban J connectivity index is 0.000000980. The van der Waals surface area contributed by atoms with Crippen molar-refractivity contribution in [3.8, 4) is 0 Å². The Bertz CT molecular complexity index is 528. The molecule has 0 aliphatic carbocycles. The largest absolute Gasteiger partial charge is 0.412 e. The van der Waals surface area contributed by atoms with E-state index < -0.39 is 10.5 Å². The van der Waals surface area contributed by atoms with Crippen molar-refractivity contribution in [2.24, 2.45) is 0 Å². The van der Waals surface area contributed by atoms with Gasteiger partial charge in [-0.2, -0.15) is 0 Å². The van der Waals surface area contributed by atoms with Crippen LogP contribution < -0.4 is 5.56 Å². The van der Waals surface area contributed by atoms with E-state index in [-0.39, 0.29) is 22.2 Å². The van der Waals surface area contributed by atoms with Crippen LogP contribution in [-0.2, 0) is 0 Å². The SMILES string of the molecule is O.O=c1[nH]cc([N+](=O)[O-])c2nc[nH]c12. The Morgan fingerprint density at radius 2 is 2.14 bits per heavy atom. The Morgan fingerprint density at radius 3 is 2.79 bits per heavy atom. The summed E-state index contributed by atoms with van der Waals surface area (Å²) in [6.07, 6.45) is 2.28. The van der Waals surface area contributed by atoms with Crippen LogP contribution in [0.25, 0.3) is 11.0 Å². The summed E-state index contributed by atoms with van der Waals surface area (Å²) in [6.45, 7) is 0. The molecule has 0 amide bonds. The summed E-state index contributed by atoms with van der Waals surface area (Å²) >= 11 is 0. The summed E-state index contributed by atoms with van der Waals surface area (Å²) in [4.78, 5) is 29.4. The van der Waals surface area contributed by atoms with Gasteiger partial charge in [-0.1, -0.05) is 0 Å². The molecule has 0 aromatic carbocycles. The molecule has 4 N–H and O–H groups in total. The van der Waals surface area contributed by atoms with Crippen LogP contribution in [0.4, 0.5) is 5.69 Å². The van der Waals surface area contributed by atoms with Gasteiger partial charge in [-0.05, 0) is 0 Å². The molecular weight excluding hydrogens is 192 g/mol. The second-order valence-corrected chi connectivity index (χ2v) is 2.39. The molecule has 14 heavy (non-hydrogen) atoms. The third-order valence-corrected chi connectivity index (χ3v) is 1.65. The van der Waals surface area contributed by atoms with Crippen molar-refractivity contribution in [1.29, 1.82) is 0 Å². The molecule has 8 heteroatoms. The molecule has 0 aliphatic rings. The van der Waals surface area contributed by atoms with E-state index in [9.17, 15) is 14.9 Å². The van der Waals surface area contributed by atoms with Crippen molar-refractivity contribution in [2.45, 2.75) is 0 Å². The lowest BCUT2D eigenvalue weighted by Crippen LogP contribution is -2.06. The highest BCUT2D eigenvalue weighted by molar-refractivity contribution is 5.82. The van der Waals surface area contributed by atoms with Crippen LogP contribution in [0, 0.1) is 10.1 Å². The smallest absolute Gasteiger partial charge is 0.313 e. The van der Waals surface area contributed by atoms with Crippen molar-refractivity contribution in [3.05, 3.63) is 33.0 Å². The molecule has 0 bridgehead atoms. The molecule has 2 aromatic rings. The van der Waals surface area contributed by atoms with E-state index in [0.29, 0.717) is 0 Å². The van der Waals surface area contributed by atoms with Crippen LogP contribution in [0.5, 0.6) is 0 Å². The number of aromatic nitrogens is 3. The summed E-state index contributed by atoms with van der Waals surface area (Å²) < 4.78 is 0. The fourth-order valence-corrected chi connectivity index (χ4v) is 1.08. The molecule has 0 spiro atoms. The molecule has 0 unspecified atom stereocenters. The van der Waals surface area contributed by atoms with Gasteiger partial charge in [-0.15, -0.1) is 0 Å². The van der Waals surface area contributed by atoms with Crippen molar-refractivity contribution >= 4 is 16.7 Å². The van der Waals surface area contributed by atoms with Crippen LogP contribution in [0.3, 0.4) is 0 Å². The maximum Gasteiger partial charge on any atom is 0.313 e. The summed E-state index contributed by atoms with van der Waals surface area (Å²) in [6, 6.07) is 0. The number of imidazole rings is 1. The molecule has 0 saturated heterocycles. The molecule has 74 valence electrons. The number of aromatic amines is 2. The van der Waals surface area contributed by atoms with Crippen LogP contribution in [0.15, 0.2) is 17.3 Å². The molecule has 0 fully saturated rings. The van der Waals surface area contributed by atoms with Crippen molar-refractivity contribution in [1.82, 2.24) is 15.0 Å². The van der Waals surface area contributed by atoms with Crippen molar-refractivity contribution < 1.29 is 10.4 Å². The minimum Gasteiger partial charge on any atom is -0.412 e. The Hall–Kier alpha value is -2.22. The lowest BCUT2D eigenvalue weighted by Gasteiger charge is -1.90. The van der Waals surface area contributed by atoms with Gasteiger partial charge in [0, 0.05) is 0 Å². The number of hydrogen-bond donors (Lipinski definition) is 2. The molecule has 2 heterocycles. The molecule has 0 radical (unpaired) electrons. The van der Waals surface area contributed by atoms with E-state index in [1.54, 1.807) is 0 Å². The average molecular weight is 198 g/mol. The van der Waals surface area contributed by atoms with Crippen molar-refractivity contribution in [2.75, 3.05) is 0 Å². The highest BCUT2D eigenvalue weighted by Crippen LogP contribution is 2.17. The molecule has 8 nitrogen and oxygen atoms in total. The van der Waals surface area contributed by atoms with Gasteiger partial charge in [0.05, 0.1) is 17.4 Å². The highest BCUT2D eigenvalue weighted by atomic mass is 16.6. The Morgan fingerprint density at radius 1 is 1.43 bits per heavy atom. The number of nitrogens with one attached hydrogen (secondary N) is 2. The zero-order valence-corrected chi connectivity index (χ0v) is 6.77. The number of rotatable bonds is 1. The molecule has 0 saturated carbocycles. The molecule has 0 atom stereocenters. The van der Waals surface area contributed by atoms with Gasteiger partial charge < -0.3 is 15.4 Å². The van der Waals surface area contributed by atoms with Crippen molar-refractivity contribution in [3.63, 3.8) is 0 Å². The number of H-pyrrole nitrogens is 2. The second-order valence-electron chi connectivity index (χ2n) is 2.39. The van der Waals surface area contributed by atoms with E-state index in [1.165, 1.54) is 6.33 Å². The fraction of sp³-hybridized carbons (Fsp3) is 0. The maximum absolute atomic E-state index is 11.1. The van der Waals surface area contributed by atoms with E-state index in [4.69, 9.17) is 0 Å². The van der Waals surface area contributed by atoms with Gasteiger partial charge in [0.1, 0.15) is 5.52 Å². The Kier molecular flexibility index (Phi) is 2.30. The topological polar surface area (TPSA) is 136 Å². The van der Waals surface area contributed by atoms with Gasteiger partial charge >= 0.3 is 5.69 Å². The van der Waals surface area contributed by atoms with Gasteiger partial charge in [-0.3, -0.25) is 14.9 Å². The van der Waals surface area contributed by atoms with E-state index in [0.717, 1.165) is 6.20 Å². The predicted octanol–water partition coefficient (Wildman–Crippen LogP) is -0.665. The third-order valence-electron chi connectivity index (χ3n) is 1.65. The quantitative estimate of drug-likeness (QED) is 0.463. The first-order valence-corrected chi connectivity index (χ1v) is 3.39. The summed E-state index contributed by atoms with van der Waals surface area (Å²) in [5, 5.41) is 10.5. The van der Waals surface area contributed by atoms with Gasteiger partial charge in [0.15, 0.2) is 5.52 Å². The zero-order valence-electron chi connectivity index (χ0n) is 6.77. The van der Waals surface area contributed by atoms with Crippen LogP contribution in [0.2, 0.25) is 0 Å². The first-order valence-electron chi connectivity index (χ1n) is 3.39. The molecule has 0 aliphatic heterocycles. The minimum absolute atomic E-state index is 0. The molecular formula is C6H6N4O4.